The third-order valence-electron chi connectivity index (χ3n) is 6.01. The lowest BCUT2D eigenvalue weighted by Crippen LogP contribution is -2.56. The van der Waals surface area contributed by atoms with Crippen molar-refractivity contribution in [2.75, 3.05) is 26.4 Å². The first-order valence-electron chi connectivity index (χ1n) is 10.1. The first-order valence-corrected chi connectivity index (χ1v) is 11.5. The van der Waals surface area contributed by atoms with Crippen molar-refractivity contribution in [1.82, 2.24) is 9.62 Å². The van der Waals surface area contributed by atoms with Gasteiger partial charge >= 0.3 is 0 Å². The number of sulfonamides is 1. The number of nitrogens with zero attached hydrogens (tertiary/aromatic N) is 1. The van der Waals surface area contributed by atoms with Crippen LogP contribution in [0.3, 0.4) is 0 Å². The molecule has 1 N–H and O–H groups in total. The quantitative estimate of drug-likeness (QED) is 0.819. The molecule has 3 aliphatic rings. The second-order valence-electron chi connectivity index (χ2n) is 7.97. The minimum atomic E-state index is -3.69. The van der Waals surface area contributed by atoms with E-state index in [2.05, 4.69) is 5.32 Å². The number of hydrogen-bond donors (Lipinski definition) is 1. The molecule has 1 spiro atoms. The molecule has 0 unspecified atom stereocenters. The summed E-state index contributed by atoms with van der Waals surface area (Å²) in [7, 11) is -3.69. The Morgan fingerprint density at radius 2 is 1.96 bits per heavy atom. The third kappa shape index (κ3) is 3.96. The average Bonchev–Trinajstić information content (AvgIpc) is 3.16. The molecule has 0 bridgehead atoms. The van der Waals surface area contributed by atoms with E-state index < -0.39 is 16.1 Å². The summed E-state index contributed by atoms with van der Waals surface area (Å²) in [4.78, 5) is 13.3. The fourth-order valence-corrected chi connectivity index (χ4v) is 6.17. The SMILES string of the molecule is O=C(N[C@@H]1CCO[C@@]2(CCOC2)C1)[C@H]1CCCCN1S(=O)(=O)c1ccccc1. The van der Waals surface area contributed by atoms with Crippen LogP contribution in [-0.4, -0.2) is 62.7 Å². The fraction of sp³-hybridized carbons (Fsp3) is 0.650. The lowest BCUT2D eigenvalue weighted by Gasteiger charge is -2.39. The maximum Gasteiger partial charge on any atom is 0.243 e. The number of benzene rings is 1. The van der Waals surface area contributed by atoms with Crippen molar-refractivity contribution in [2.24, 2.45) is 0 Å². The molecular weight excluding hydrogens is 380 g/mol. The van der Waals surface area contributed by atoms with Crippen LogP contribution in [0.2, 0.25) is 0 Å². The van der Waals surface area contributed by atoms with Crippen molar-refractivity contribution in [3.8, 4) is 0 Å². The summed E-state index contributed by atoms with van der Waals surface area (Å²) in [5.41, 5.74) is -0.293. The fourth-order valence-electron chi connectivity index (χ4n) is 4.49. The maximum absolute atomic E-state index is 13.1. The molecule has 4 rings (SSSR count). The number of amides is 1. The van der Waals surface area contributed by atoms with Gasteiger partial charge in [0, 0.05) is 32.2 Å². The molecule has 8 heteroatoms. The van der Waals surface area contributed by atoms with Crippen LogP contribution in [0.5, 0.6) is 0 Å². The topological polar surface area (TPSA) is 84.9 Å². The molecule has 3 heterocycles. The number of piperidine rings is 1. The maximum atomic E-state index is 13.1. The summed E-state index contributed by atoms with van der Waals surface area (Å²) >= 11 is 0. The van der Waals surface area contributed by atoms with Gasteiger partial charge in [0.15, 0.2) is 0 Å². The van der Waals surface area contributed by atoms with E-state index in [1.807, 2.05) is 0 Å². The molecule has 1 aromatic rings. The molecule has 28 heavy (non-hydrogen) atoms. The van der Waals surface area contributed by atoms with E-state index >= 15 is 0 Å². The first-order chi connectivity index (χ1) is 13.5. The van der Waals surface area contributed by atoms with Crippen molar-refractivity contribution in [3.05, 3.63) is 30.3 Å². The molecular formula is C20H28N2O5S. The van der Waals surface area contributed by atoms with Crippen molar-refractivity contribution in [2.45, 2.75) is 61.1 Å². The standard InChI is InChI=1S/C20H28N2O5S/c23-19(21-16-9-12-27-20(14-16)10-13-26-15-20)18-8-4-5-11-22(18)28(24,25)17-6-2-1-3-7-17/h1-3,6-7,16,18H,4-5,8-15H2,(H,21,23)/t16-,18-,20+/m1/s1. The molecule has 7 nitrogen and oxygen atoms in total. The number of rotatable bonds is 4. The first kappa shape index (κ1) is 19.8. The summed E-state index contributed by atoms with van der Waals surface area (Å²) in [5.74, 6) is -0.194. The van der Waals surface area contributed by atoms with Gasteiger partial charge < -0.3 is 14.8 Å². The zero-order valence-electron chi connectivity index (χ0n) is 16.0. The van der Waals surface area contributed by atoms with Crippen LogP contribution >= 0.6 is 0 Å². The molecule has 3 fully saturated rings. The van der Waals surface area contributed by atoms with E-state index in [4.69, 9.17) is 9.47 Å². The minimum Gasteiger partial charge on any atom is -0.378 e. The number of carbonyl (C=O) groups excluding carboxylic acids is 1. The highest BCUT2D eigenvalue weighted by Gasteiger charge is 2.43. The van der Waals surface area contributed by atoms with Crippen LogP contribution in [0.4, 0.5) is 0 Å². The monoisotopic (exact) mass is 408 g/mol. The minimum absolute atomic E-state index is 0.00819. The van der Waals surface area contributed by atoms with E-state index in [0.717, 1.165) is 32.1 Å². The summed E-state index contributed by atoms with van der Waals surface area (Å²) in [6.45, 7) is 2.22. The zero-order chi connectivity index (χ0) is 19.6. The summed E-state index contributed by atoms with van der Waals surface area (Å²) < 4.78 is 39.0. The number of nitrogens with one attached hydrogen (secondary N) is 1. The van der Waals surface area contributed by atoms with Crippen LogP contribution < -0.4 is 5.32 Å². The van der Waals surface area contributed by atoms with E-state index in [1.165, 1.54) is 4.31 Å². The van der Waals surface area contributed by atoms with Crippen molar-refractivity contribution >= 4 is 15.9 Å². The summed E-state index contributed by atoms with van der Waals surface area (Å²) in [6, 6.07) is 7.70. The average molecular weight is 409 g/mol. The molecule has 0 saturated carbocycles. The van der Waals surface area contributed by atoms with Crippen LogP contribution in [0.25, 0.3) is 0 Å². The Hall–Kier alpha value is -1.48. The Kier molecular flexibility index (Phi) is 5.73. The van der Waals surface area contributed by atoms with Gasteiger partial charge in [0.05, 0.1) is 17.1 Å². The molecule has 1 amide bonds. The largest absolute Gasteiger partial charge is 0.378 e. The van der Waals surface area contributed by atoms with Crippen molar-refractivity contribution in [3.63, 3.8) is 0 Å². The van der Waals surface area contributed by atoms with Crippen LogP contribution in [0.15, 0.2) is 35.2 Å². The third-order valence-corrected chi connectivity index (χ3v) is 7.94. The highest BCUT2D eigenvalue weighted by atomic mass is 32.2. The Labute approximate surface area is 166 Å². The van der Waals surface area contributed by atoms with Gasteiger partial charge in [0.2, 0.25) is 15.9 Å². The van der Waals surface area contributed by atoms with Gasteiger partial charge in [-0.05, 0) is 37.8 Å². The highest BCUT2D eigenvalue weighted by Crippen LogP contribution is 2.33. The van der Waals surface area contributed by atoms with Gasteiger partial charge in [0.1, 0.15) is 6.04 Å². The molecule has 3 atom stereocenters. The molecule has 0 radical (unpaired) electrons. The highest BCUT2D eigenvalue weighted by molar-refractivity contribution is 7.89. The van der Waals surface area contributed by atoms with Crippen LogP contribution in [0, 0.1) is 0 Å². The predicted molar refractivity (Wildman–Crippen MR) is 103 cm³/mol. The summed E-state index contributed by atoms with van der Waals surface area (Å²) in [5, 5.41) is 3.11. The molecule has 0 aromatic heterocycles. The van der Waals surface area contributed by atoms with Gasteiger partial charge in [-0.15, -0.1) is 0 Å². The molecule has 3 saturated heterocycles. The van der Waals surface area contributed by atoms with Gasteiger partial charge in [0.25, 0.3) is 0 Å². The van der Waals surface area contributed by atoms with Crippen LogP contribution in [0.1, 0.15) is 38.5 Å². The Morgan fingerprint density at radius 1 is 1.14 bits per heavy atom. The van der Waals surface area contributed by atoms with Gasteiger partial charge in [-0.2, -0.15) is 4.31 Å². The second kappa shape index (κ2) is 8.10. The Morgan fingerprint density at radius 3 is 2.71 bits per heavy atom. The van der Waals surface area contributed by atoms with E-state index in [0.29, 0.717) is 32.8 Å². The number of hydrogen-bond acceptors (Lipinski definition) is 5. The lowest BCUT2D eigenvalue weighted by molar-refractivity contribution is -0.130. The van der Waals surface area contributed by atoms with Gasteiger partial charge in [-0.1, -0.05) is 24.6 Å². The van der Waals surface area contributed by atoms with E-state index in [1.54, 1.807) is 30.3 Å². The smallest absolute Gasteiger partial charge is 0.243 e. The number of carbonyl (C=O) groups is 1. The Balaban J connectivity index is 1.47. The lowest BCUT2D eigenvalue weighted by atomic mass is 9.89. The van der Waals surface area contributed by atoms with Gasteiger partial charge in [-0.3, -0.25) is 4.79 Å². The van der Waals surface area contributed by atoms with Crippen molar-refractivity contribution < 1.29 is 22.7 Å². The van der Waals surface area contributed by atoms with Crippen LogP contribution in [-0.2, 0) is 24.3 Å². The van der Waals surface area contributed by atoms with E-state index in [-0.39, 0.29) is 22.4 Å². The second-order valence-corrected chi connectivity index (χ2v) is 9.86. The molecule has 3 aliphatic heterocycles. The van der Waals surface area contributed by atoms with E-state index in [9.17, 15) is 13.2 Å². The number of ether oxygens (including phenoxy) is 2. The molecule has 154 valence electrons. The Bertz CT molecular complexity index is 792. The predicted octanol–water partition coefficient (Wildman–Crippen LogP) is 1.68. The summed E-state index contributed by atoms with van der Waals surface area (Å²) in [6.07, 6.45) is 4.48. The molecule has 1 aromatic carbocycles. The zero-order valence-corrected chi connectivity index (χ0v) is 16.8. The normalized spacial score (nSPS) is 31.7. The molecule has 0 aliphatic carbocycles. The van der Waals surface area contributed by atoms with Crippen molar-refractivity contribution in [1.29, 1.82) is 0 Å². The van der Waals surface area contributed by atoms with Gasteiger partial charge in [-0.25, -0.2) is 8.42 Å².